The number of halogens is 1. The maximum absolute atomic E-state index is 12.5. The van der Waals surface area contributed by atoms with E-state index in [1.807, 2.05) is 36.4 Å². The van der Waals surface area contributed by atoms with Crippen LogP contribution in [0.1, 0.15) is 34.8 Å². The lowest BCUT2D eigenvalue weighted by atomic mass is 9.95. The lowest BCUT2D eigenvalue weighted by molar-refractivity contribution is 0.0913. The number of hydrogen-bond donors (Lipinski definition) is 2. The Morgan fingerprint density at radius 3 is 2.81 bits per heavy atom. The zero-order valence-electron chi connectivity index (χ0n) is 15.3. The van der Waals surface area contributed by atoms with Crippen molar-refractivity contribution in [1.29, 1.82) is 0 Å². The van der Waals surface area contributed by atoms with Gasteiger partial charge in [0.25, 0.3) is 5.91 Å². The lowest BCUT2D eigenvalue weighted by Crippen LogP contribution is -2.48. The Labute approximate surface area is 161 Å². The number of carbonyl (C=O) groups excluding carboxylic acids is 1. The van der Waals surface area contributed by atoms with E-state index < -0.39 is 0 Å². The van der Waals surface area contributed by atoms with Crippen LogP contribution in [0.15, 0.2) is 48.5 Å². The van der Waals surface area contributed by atoms with Gasteiger partial charge in [0.2, 0.25) is 0 Å². The zero-order chi connectivity index (χ0) is 17.6. The van der Waals surface area contributed by atoms with Crippen LogP contribution in [0.3, 0.4) is 0 Å². The van der Waals surface area contributed by atoms with Gasteiger partial charge in [0.15, 0.2) is 0 Å². The van der Waals surface area contributed by atoms with Crippen molar-refractivity contribution in [2.75, 3.05) is 13.1 Å². The van der Waals surface area contributed by atoms with Gasteiger partial charge in [-0.1, -0.05) is 42.8 Å². The average molecular weight is 375 g/mol. The smallest absolute Gasteiger partial charge is 0.251 e. The van der Waals surface area contributed by atoms with Gasteiger partial charge in [-0.15, -0.1) is 12.4 Å². The maximum atomic E-state index is 12.5. The molecule has 2 unspecified atom stereocenters. The van der Waals surface area contributed by atoms with Crippen molar-refractivity contribution in [1.82, 2.24) is 10.6 Å². The van der Waals surface area contributed by atoms with Crippen molar-refractivity contribution < 1.29 is 9.53 Å². The molecule has 2 aromatic rings. The van der Waals surface area contributed by atoms with Gasteiger partial charge >= 0.3 is 0 Å². The summed E-state index contributed by atoms with van der Waals surface area (Å²) in [6, 6.07) is 15.9. The summed E-state index contributed by atoms with van der Waals surface area (Å²) in [6.07, 6.45) is 0.969. The van der Waals surface area contributed by atoms with Gasteiger partial charge in [-0.3, -0.25) is 4.79 Å². The second-order valence-corrected chi connectivity index (χ2v) is 6.86. The largest absolute Gasteiger partial charge is 0.489 e. The summed E-state index contributed by atoms with van der Waals surface area (Å²) in [6.45, 7) is 6.63. The van der Waals surface area contributed by atoms with Crippen LogP contribution < -0.4 is 15.4 Å². The van der Waals surface area contributed by atoms with Gasteiger partial charge in [0, 0.05) is 11.6 Å². The zero-order valence-corrected chi connectivity index (χ0v) is 16.1. The summed E-state index contributed by atoms with van der Waals surface area (Å²) in [5, 5.41) is 6.51. The third kappa shape index (κ3) is 5.48. The Bertz CT molecular complexity index is 735. The Hall–Kier alpha value is -2.04. The Balaban J connectivity index is 0.00000243. The predicted octanol–water partition coefficient (Wildman–Crippen LogP) is 3.72. The van der Waals surface area contributed by atoms with E-state index >= 15 is 0 Å². The molecule has 1 aliphatic rings. The Morgan fingerprint density at radius 1 is 1.23 bits per heavy atom. The monoisotopic (exact) mass is 374 g/mol. The lowest BCUT2D eigenvalue weighted by Gasteiger charge is -2.30. The van der Waals surface area contributed by atoms with Crippen LogP contribution in [0.4, 0.5) is 0 Å². The normalized spacial score (nSPS) is 19.3. The first-order valence-electron chi connectivity index (χ1n) is 8.92. The minimum atomic E-state index is -0.0280. The number of benzene rings is 2. The topological polar surface area (TPSA) is 50.4 Å². The summed E-state index contributed by atoms with van der Waals surface area (Å²) in [5.74, 6) is 1.13. The van der Waals surface area contributed by atoms with E-state index in [2.05, 4.69) is 36.6 Å². The molecule has 2 aromatic carbocycles. The molecule has 0 aromatic heterocycles. The third-order valence-corrected chi connectivity index (χ3v) is 4.69. The number of rotatable bonds is 5. The fraction of sp³-hybridized carbons (Fsp3) is 0.381. The molecule has 26 heavy (non-hydrogen) atoms. The van der Waals surface area contributed by atoms with Gasteiger partial charge < -0.3 is 15.4 Å². The first-order valence-corrected chi connectivity index (χ1v) is 8.92. The van der Waals surface area contributed by atoms with Gasteiger partial charge in [-0.2, -0.15) is 0 Å². The molecular weight excluding hydrogens is 348 g/mol. The number of aryl methyl sites for hydroxylation is 1. The molecule has 1 aliphatic heterocycles. The first kappa shape index (κ1) is 20.3. The molecule has 140 valence electrons. The summed E-state index contributed by atoms with van der Waals surface area (Å²) in [7, 11) is 0. The molecule has 0 saturated carbocycles. The van der Waals surface area contributed by atoms with E-state index in [4.69, 9.17) is 4.74 Å². The molecule has 0 bridgehead atoms. The number of ether oxygens (including phenoxy) is 1. The highest BCUT2D eigenvalue weighted by atomic mass is 35.5. The Kier molecular flexibility index (Phi) is 7.49. The van der Waals surface area contributed by atoms with Crippen molar-refractivity contribution >= 4 is 18.3 Å². The van der Waals surface area contributed by atoms with Gasteiger partial charge in [-0.05, 0) is 56.1 Å². The van der Waals surface area contributed by atoms with Crippen molar-refractivity contribution in [3.63, 3.8) is 0 Å². The molecular formula is C21H27ClN2O2. The Morgan fingerprint density at radius 2 is 2.04 bits per heavy atom. The van der Waals surface area contributed by atoms with E-state index in [0.29, 0.717) is 23.8 Å². The third-order valence-electron chi connectivity index (χ3n) is 4.69. The molecule has 0 aliphatic carbocycles. The quantitative estimate of drug-likeness (QED) is 0.838. The fourth-order valence-electron chi connectivity index (χ4n) is 3.18. The van der Waals surface area contributed by atoms with Crippen molar-refractivity contribution in [2.45, 2.75) is 32.9 Å². The molecule has 2 atom stereocenters. The average Bonchev–Trinajstić information content (AvgIpc) is 2.62. The van der Waals surface area contributed by atoms with Crippen molar-refractivity contribution in [3.05, 3.63) is 65.2 Å². The molecule has 1 fully saturated rings. The number of carbonyl (C=O) groups is 1. The van der Waals surface area contributed by atoms with Crippen molar-refractivity contribution in [3.8, 4) is 5.75 Å². The highest BCUT2D eigenvalue weighted by Gasteiger charge is 2.23. The number of piperidine rings is 1. The SMILES string of the molecule is Cc1cccc(COc2cccc(C(=O)NC3CCNCC3C)c2)c1.Cl. The molecule has 0 radical (unpaired) electrons. The van der Waals surface area contributed by atoms with E-state index in [0.717, 1.165) is 25.1 Å². The molecule has 1 saturated heterocycles. The van der Waals surface area contributed by atoms with Crippen LogP contribution in [0.5, 0.6) is 5.75 Å². The summed E-state index contributed by atoms with van der Waals surface area (Å²) >= 11 is 0. The highest BCUT2D eigenvalue weighted by molar-refractivity contribution is 5.94. The van der Waals surface area contributed by atoms with Gasteiger partial charge in [-0.25, -0.2) is 0 Å². The standard InChI is InChI=1S/C21H26N2O2.ClH/c1-15-5-3-6-17(11-15)14-25-19-8-4-7-18(12-19)21(24)23-20-9-10-22-13-16(20)2;/h3-8,11-12,16,20,22H,9-10,13-14H2,1-2H3,(H,23,24);1H. The first-order chi connectivity index (χ1) is 12.1. The predicted molar refractivity (Wildman–Crippen MR) is 107 cm³/mol. The van der Waals surface area contributed by atoms with E-state index in [9.17, 15) is 4.79 Å². The number of amides is 1. The van der Waals surface area contributed by atoms with Crippen LogP contribution >= 0.6 is 12.4 Å². The second kappa shape index (κ2) is 9.60. The minimum absolute atomic E-state index is 0. The maximum Gasteiger partial charge on any atom is 0.251 e. The number of hydrogen-bond acceptors (Lipinski definition) is 3. The molecule has 1 amide bonds. The highest BCUT2D eigenvalue weighted by Crippen LogP contribution is 2.17. The molecule has 2 N–H and O–H groups in total. The van der Waals surface area contributed by atoms with Crippen LogP contribution in [-0.4, -0.2) is 25.0 Å². The summed E-state index contributed by atoms with van der Waals surface area (Å²) < 4.78 is 5.86. The second-order valence-electron chi connectivity index (χ2n) is 6.86. The minimum Gasteiger partial charge on any atom is -0.489 e. The molecule has 0 spiro atoms. The molecule has 1 heterocycles. The van der Waals surface area contributed by atoms with Crippen LogP contribution in [0.25, 0.3) is 0 Å². The molecule has 4 nitrogen and oxygen atoms in total. The van der Waals surface area contributed by atoms with Gasteiger partial charge in [0.1, 0.15) is 12.4 Å². The van der Waals surface area contributed by atoms with E-state index in [1.165, 1.54) is 5.56 Å². The van der Waals surface area contributed by atoms with Crippen LogP contribution in [0, 0.1) is 12.8 Å². The van der Waals surface area contributed by atoms with E-state index in [-0.39, 0.29) is 24.4 Å². The molecule has 3 rings (SSSR count). The summed E-state index contributed by atoms with van der Waals surface area (Å²) in [5.41, 5.74) is 2.98. The van der Waals surface area contributed by atoms with Crippen LogP contribution in [-0.2, 0) is 6.61 Å². The fourth-order valence-corrected chi connectivity index (χ4v) is 3.18. The van der Waals surface area contributed by atoms with E-state index in [1.54, 1.807) is 0 Å². The number of nitrogens with one attached hydrogen (secondary N) is 2. The summed E-state index contributed by atoms with van der Waals surface area (Å²) in [4.78, 5) is 12.5. The van der Waals surface area contributed by atoms with Gasteiger partial charge in [0.05, 0.1) is 0 Å². The van der Waals surface area contributed by atoms with Crippen LogP contribution in [0.2, 0.25) is 0 Å². The molecule has 5 heteroatoms. The van der Waals surface area contributed by atoms with Crippen molar-refractivity contribution in [2.24, 2.45) is 5.92 Å².